The number of rotatable bonds is 5. The number of amides is 2. The van der Waals surface area contributed by atoms with E-state index >= 15 is 0 Å². The van der Waals surface area contributed by atoms with E-state index < -0.39 is 12.1 Å². The van der Waals surface area contributed by atoms with Gasteiger partial charge in [0, 0.05) is 14.7 Å². The number of alkyl halides is 3. The molecule has 0 aromatic carbocycles. The van der Waals surface area contributed by atoms with Crippen LogP contribution in [0, 0.1) is 0 Å². The maximum atomic E-state index is 12.4. The number of nitrogens with one attached hydrogen (secondary N) is 2. The minimum absolute atomic E-state index is 0. The first-order valence-electron chi connectivity index (χ1n) is 6.27. The van der Waals surface area contributed by atoms with Crippen molar-refractivity contribution in [3.8, 4) is 10.7 Å². The summed E-state index contributed by atoms with van der Waals surface area (Å²) in [5.74, 6) is -2.28. The topological polar surface area (TPSA) is 97.1 Å². The van der Waals surface area contributed by atoms with Gasteiger partial charge in [0.1, 0.15) is 0 Å². The molecule has 0 fully saturated rings. The molecule has 7 nitrogen and oxygen atoms in total. The fraction of sp³-hybridized carbons (Fsp3) is 0.333. The number of halogens is 3. The van der Waals surface area contributed by atoms with E-state index in [1.165, 1.54) is 13.0 Å². The quantitative estimate of drug-likeness (QED) is 0.858. The summed E-state index contributed by atoms with van der Waals surface area (Å²) in [6, 6.07) is 3.16. The molecule has 0 aliphatic carbocycles. The maximum absolute atomic E-state index is 12.4. The molecule has 0 aliphatic heterocycles. The van der Waals surface area contributed by atoms with Gasteiger partial charge in [-0.25, -0.2) is 0 Å². The highest BCUT2D eigenvalue weighted by atomic mass is 32.1. The van der Waals surface area contributed by atoms with E-state index in [1.807, 2.05) is 0 Å². The van der Waals surface area contributed by atoms with Crippen molar-refractivity contribution in [2.24, 2.45) is 0 Å². The first kappa shape index (κ1) is 16.9. The smallest absolute Gasteiger partial charge is 0.350 e. The summed E-state index contributed by atoms with van der Waals surface area (Å²) in [5, 5.41) is 8.18. The van der Waals surface area contributed by atoms with Crippen LogP contribution in [0.15, 0.2) is 16.7 Å². The Morgan fingerprint density at radius 1 is 1.35 bits per heavy atom. The Morgan fingerprint density at radius 3 is 2.70 bits per heavy atom. The molecule has 11 heteroatoms. The lowest BCUT2D eigenvalue weighted by Gasteiger charge is -2.03. The number of nitrogens with zero attached hydrogens (tertiary/aromatic N) is 2. The standard InChI is InChI=1S/C12H11F3N4O3S.2H2/c1-6(20)16-5-9(21)17-4-7-2-3-8(23-7)10-18-11(22-19-10)12(13,14)15;;/h2-3H,4-5H2,1H3,(H,16,20)(H,17,21);2*1H. The van der Waals surface area contributed by atoms with Crippen molar-refractivity contribution in [1.29, 1.82) is 0 Å². The zero-order chi connectivity index (χ0) is 17.0. The van der Waals surface area contributed by atoms with Gasteiger partial charge in [0.05, 0.1) is 18.0 Å². The highest BCUT2D eigenvalue weighted by Gasteiger charge is 2.38. The van der Waals surface area contributed by atoms with Crippen molar-refractivity contribution in [3.05, 3.63) is 22.9 Å². The molecule has 0 unspecified atom stereocenters. The van der Waals surface area contributed by atoms with E-state index in [4.69, 9.17) is 0 Å². The molecule has 23 heavy (non-hydrogen) atoms. The van der Waals surface area contributed by atoms with Crippen LogP contribution in [-0.2, 0) is 22.3 Å². The van der Waals surface area contributed by atoms with Gasteiger partial charge in [-0.05, 0) is 12.1 Å². The Labute approximate surface area is 134 Å². The molecule has 128 valence electrons. The predicted molar refractivity (Wildman–Crippen MR) is 77.4 cm³/mol. The van der Waals surface area contributed by atoms with Crippen molar-refractivity contribution in [2.75, 3.05) is 6.54 Å². The van der Waals surface area contributed by atoms with Crippen molar-refractivity contribution < 1.29 is 30.1 Å². The molecular formula is C12H15F3N4O3S. The maximum Gasteiger partial charge on any atom is 0.471 e. The van der Waals surface area contributed by atoms with Gasteiger partial charge in [0.2, 0.25) is 17.6 Å². The molecular weight excluding hydrogens is 337 g/mol. The summed E-state index contributed by atoms with van der Waals surface area (Å²) in [6.07, 6.45) is -4.69. The second-order valence-corrected chi connectivity index (χ2v) is 5.54. The summed E-state index contributed by atoms with van der Waals surface area (Å²) in [7, 11) is 0. The number of carbonyl (C=O) groups excluding carboxylic acids is 2. The van der Waals surface area contributed by atoms with Crippen LogP contribution in [0.25, 0.3) is 10.7 Å². The lowest BCUT2D eigenvalue weighted by Crippen LogP contribution is -2.35. The van der Waals surface area contributed by atoms with Crippen molar-refractivity contribution in [3.63, 3.8) is 0 Å². The highest BCUT2D eigenvalue weighted by molar-refractivity contribution is 7.15. The first-order valence-corrected chi connectivity index (χ1v) is 7.08. The second-order valence-electron chi connectivity index (χ2n) is 4.37. The Morgan fingerprint density at radius 2 is 2.09 bits per heavy atom. The van der Waals surface area contributed by atoms with E-state index in [0.29, 0.717) is 9.75 Å². The number of hydrogen-bond donors (Lipinski definition) is 2. The fourth-order valence-electron chi connectivity index (χ4n) is 1.48. The molecule has 0 bridgehead atoms. The third-order valence-corrected chi connectivity index (χ3v) is 3.59. The molecule has 0 radical (unpaired) electrons. The number of hydrogen-bond acceptors (Lipinski definition) is 6. The van der Waals surface area contributed by atoms with E-state index in [1.54, 1.807) is 6.07 Å². The van der Waals surface area contributed by atoms with Crippen LogP contribution in [-0.4, -0.2) is 28.5 Å². The van der Waals surface area contributed by atoms with E-state index in [-0.39, 0.29) is 33.6 Å². The summed E-state index contributed by atoms with van der Waals surface area (Å²) < 4.78 is 41.3. The van der Waals surface area contributed by atoms with Gasteiger partial charge in [-0.2, -0.15) is 18.2 Å². The van der Waals surface area contributed by atoms with Crippen molar-refractivity contribution in [2.45, 2.75) is 19.6 Å². The largest absolute Gasteiger partial charge is 0.471 e. The molecule has 2 aromatic rings. The Hall–Kier alpha value is -2.43. The summed E-state index contributed by atoms with van der Waals surface area (Å²) in [4.78, 5) is 26.4. The summed E-state index contributed by atoms with van der Waals surface area (Å²) in [5.41, 5.74) is 0. The summed E-state index contributed by atoms with van der Waals surface area (Å²) >= 11 is 1.12. The summed E-state index contributed by atoms with van der Waals surface area (Å²) in [6.45, 7) is 1.32. The molecule has 0 aliphatic rings. The molecule has 0 saturated carbocycles. The number of aromatic nitrogens is 2. The zero-order valence-electron chi connectivity index (χ0n) is 11.7. The van der Waals surface area contributed by atoms with Gasteiger partial charge in [0.15, 0.2) is 0 Å². The van der Waals surface area contributed by atoms with E-state index in [0.717, 1.165) is 11.3 Å². The van der Waals surface area contributed by atoms with Crippen molar-refractivity contribution in [1.82, 2.24) is 20.8 Å². The molecule has 2 N–H and O–H groups in total. The van der Waals surface area contributed by atoms with Crippen LogP contribution in [0.1, 0.15) is 20.5 Å². The zero-order valence-corrected chi connectivity index (χ0v) is 12.5. The fourth-order valence-corrected chi connectivity index (χ4v) is 2.36. The lowest BCUT2D eigenvalue weighted by molar-refractivity contribution is -0.159. The molecule has 2 heterocycles. The van der Waals surface area contributed by atoms with Gasteiger partial charge in [-0.1, -0.05) is 5.16 Å². The number of thiophene rings is 1. The van der Waals surface area contributed by atoms with Crippen molar-refractivity contribution >= 4 is 23.2 Å². The van der Waals surface area contributed by atoms with Crippen LogP contribution in [0.2, 0.25) is 0 Å². The van der Waals surface area contributed by atoms with Gasteiger partial charge < -0.3 is 15.2 Å². The highest BCUT2D eigenvalue weighted by Crippen LogP contribution is 2.31. The molecule has 0 atom stereocenters. The van der Waals surface area contributed by atoms with Crippen LogP contribution in [0.3, 0.4) is 0 Å². The third kappa shape index (κ3) is 4.77. The average molecular weight is 352 g/mol. The minimum Gasteiger partial charge on any atom is -0.350 e. The van der Waals surface area contributed by atoms with E-state index in [2.05, 4.69) is 25.3 Å². The SMILES string of the molecule is CC(=O)NCC(=O)NCc1ccc(-c2noc(C(F)(F)F)n2)s1.[HH].[HH]. The average Bonchev–Trinajstić information content (AvgIpc) is 3.10. The van der Waals surface area contributed by atoms with Gasteiger partial charge in [-0.3, -0.25) is 9.59 Å². The molecule has 2 aromatic heterocycles. The Kier molecular flexibility index (Phi) is 4.98. The van der Waals surface area contributed by atoms with Crippen LogP contribution in [0.4, 0.5) is 13.2 Å². The van der Waals surface area contributed by atoms with Crippen LogP contribution < -0.4 is 10.6 Å². The van der Waals surface area contributed by atoms with Gasteiger partial charge in [0.25, 0.3) is 0 Å². The molecule has 2 amide bonds. The lowest BCUT2D eigenvalue weighted by atomic mass is 10.4. The molecule has 0 spiro atoms. The second kappa shape index (κ2) is 6.77. The van der Waals surface area contributed by atoms with Crippen LogP contribution in [0.5, 0.6) is 0 Å². The third-order valence-electron chi connectivity index (χ3n) is 2.51. The normalized spacial score (nSPS) is 11.3. The first-order chi connectivity index (χ1) is 10.8. The predicted octanol–water partition coefficient (Wildman–Crippen LogP) is 2.06. The molecule has 0 saturated heterocycles. The monoisotopic (exact) mass is 352 g/mol. The van der Waals surface area contributed by atoms with Gasteiger partial charge >= 0.3 is 12.1 Å². The Bertz CT molecular complexity index is 721. The number of carbonyl (C=O) groups is 2. The van der Waals surface area contributed by atoms with E-state index in [9.17, 15) is 22.8 Å². The van der Waals surface area contributed by atoms with Crippen LogP contribution >= 0.6 is 11.3 Å². The molecule has 2 rings (SSSR count). The van der Waals surface area contributed by atoms with Gasteiger partial charge in [-0.15, -0.1) is 11.3 Å². The minimum atomic E-state index is -4.69. The Balaban J connectivity index is 0.00000288.